The van der Waals surface area contributed by atoms with Gasteiger partial charge in [0.1, 0.15) is 5.82 Å². The van der Waals surface area contributed by atoms with Crippen LogP contribution < -0.4 is 0 Å². The van der Waals surface area contributed by atoms with Gasteiger partial charge in [-0.1, -0.05) is 0 Å². The summed E-state index contributed by atoms with van der Waals surface area (Å²) >= 11 is 0. The molecule has 3 rings (SSSR count). The Morgan fingerprint density at radius 2 is 2.21 bits per heavy atom. The summed E-state index contributed by atoms with van der Waals surface area (Å²) < 4.78 is 7.59. The lowest BCUT2D eigenvalue weighted by atomic mass is 10.0. The van der Waals surface area contributed by atoms with Crippen molar-refractivity contribution in [2.45, 2.75) is 25.8 Å². The van der Waals surface area contributed by atoms with E-state index in [0.717, 1.165) is 58.7 Å². The maximum atomic E-state index is 9.24. The number of hydrogen-bond donors (Lipinski definition) is 1. The number of nitrogens with zero attached hydrogens (tertiary/aromatic N) is 3. The molecule has 5 heteroatoms. The van der Waals surface area contributed by atoms with Crippen molar-refractivity contribution in [3.05, 3.63) is 17.7 Å². The molecule has 1 aromatic rings. The molecule has 2 aliphatic rings. The summed E-state index contributed by atoms with van der Waals surface area (Å²) in [6.45, 7) is 6.09. The van der Waals surface area contributed by atoms with E-state index in [9.17, 15) is 5.11 Å². The number of aryl methyl sites for hydroxylation is 1. The third-order valence-electron chi connectivity index (χ3n) is 4.19. The predicted molar refractivity (Wildman–Crippen MR) is 72.1 cm³/mol. The molecule has 1 aromatic heterocycles. The van der Waals surface area contributed by atoms with Gasteiger partial charge in [0.2, 0.25) is 0 Å². The molecule has 19 heavy (non-hydrogen) atoms. The predicted octanol–water partition coefficient (Wildman–Crippen LogP) is 0.313. The number of imidazole rings is 1. The van der Waals surface area contributed by atoms with Gasteiger partial charge in [-0.25, -0.2) is 4.98 Å². The minimum atomic E-state index is 0.292. The summed E-state index contributed by atoms with van der Waals surface area (Å²) in [4.78, 5) is 7.17. The molecule has 0 radical (unpaired) electrons. The van der Waals surface area contributed by atoms with Crippen molar-refractivity contribution >= 4 is 0 Å². The summed E-state index contributed by atoms with van der Waals surface area (Å²) in [5.41, 5.74) is 1.19. The summed E-state index contributed by atoms with van der Waals surface area (Å²) in [6.07, 6.45) is 5.26. The molecule has 1 fully saturated rings. The normalized spacial score (nSPS) is 24.4. The van der Waals surface area contributed by atoms with Gasteiger partial charge in [-0.05, 0) is 6.42 Å². The van der Waals surface area contributed by atoms with Gasteiger partial charge in [0.15, 0.2) is 0 Å². The summed E-state index contributed by atoms with van der Waals surface area (Å²) in [5, 5.41) is 9.24. The van der Waals surface area contributed by atoms with Crippen LogP contribution in [-0.4, -0.2) is 59.0 Å². The minimum Gasteiger partial charge on any atom is -0.396 e. The average Bonchev–Trinajstić information content (AvgIpc) is 2.88. The van der Waals surface area contributed by atoms with Crippen LogP contribution in [0.3, 0.4) is 0 Å². The Kier molecular flexibility index (Phi) is 4.15. The maximum Gasteiger partial charge on any atom is 0.108 e. The van der Waals surface area contributed by atoms with Crippen LogP contribution in [0.2, 0.25) is 0 Å². The number of rotatable bonds is 4. The highest BCUT2D eigenvalue weighted by molar-refractivity contribution is 5.07. The molecule has 1 unspecified atom stereocenters. The molecule has 5 nitrogen and oxygen atoms in total. The number of morpholine rings is 1. The molecule has 0 spiro atoms. The van der Waals surface area contributed by atoms with E-state index < -0.39 is 0 Å². The molecule has 2 aliphatic heterocycles. The van der Waals surface area contributed by atoms with Gasteiger partial charge in [-0.2, -0.15) is 0 Å². The molecule has 1 N–H and O–H groups in total. The second-order valence-corrected chi connectivity index (χ2v) is 5.59. The van der Waals surface area contributed by atoms with Gasteiger partial charge < -0.3 is 14.4 Å². The first kappa shape index (κ1) is 13.1. The summed E-state index contributed by atoms with van der Waals surface area (Å²) in [5.74, 6) is 1.61. The second-order valence-electron chi connectivity index (χ2n) is 5.59. The Bertz CT molecular complexity index is 413. The van der Waals surface area contributed by atoms with Gasteiger partial charge in [0.25, 0.3) is 0 Å². The van der Waals surface area contributed by atoms with Crippen molar-refractivity contribution < 1.29 is 9.84 Å². The molecule has 0 saturated carbocycles. The van der Waals surface area contributed by atoms with Crippen LogP contribution in [0.5, 0.6) is 0 Å². The van der Waals surface area contributed by atoms with E-state index in [0.29, 0.717) is 12.5 Å². The van der Waals surface area contributed by atoms with E-state index in [1.54, 1.807) is 0 Å². The molecule has 0 aliphatic carbocycles. The highest BCUT2D eigenvalue weighted by Crippen LogP contribution is 2.19. The molecule has 1 saturated heterocycles. The Morgan fingerprint density at radius 1 is 1.37 bits per heavy atom. The van der Waals surface area contributed by atoms with Crippen molar-refractivity contribution in [3.8, 4) is 0 Å². The van der Waals surface area contributed by atoms with Gasteiger partial charge >= 0.3 is 0 Å². The van der Waals surface area contributed by atoms with Crippen molar-refractivity contribution in [1.29, 1.82) is 0 Å². The zero-order valence-corrected chi connectivity index (χ0v) is 11.4. The van der Waals surface area contributed by atoms with Crippen molar-refractivity contribution in [2.75, 3.05) is 39.5 Å². The lowest BCUT2D eigenvalue weighted by Crippen LogP contribution is -2.37. The van der Waals surface area contributed by atoms with Crippen LogP contribution in [0.15, 0.2) is 6.20 Å². The molecule has 1 atom stereocenters. The fourth-order valence-corrected chi connectivity index (χ4v) is 2.94. The van der Waals surface area contributed by atoms with Crippen LogP contribution in [0.4, 0.5) is 0 Å². The lowest BCUT2D eigenvalue weighted by molar-refractivity contribution is 0.0383. The van der Waals surface area contributed by atoms with E-state index in [2.05, 4.69) is 15.7 Å². The molecule has 106 valence electrons. The topological polar surface area (TPSA) is 50.5 Å². The molecule has 3 heterocycles. The third kappa shape index (κ3) is 3.16. The molecule has 0 aromatic carbocycles. The van der Waals surface area contributed by atoms with E-state index in [1.165, 1.54) is 11.5 Å². The van der Waals surface area contributed by atoms with Crippen LogP contribution >= 0.6 is 0 Å². The Balaban J connectivity index is 1.55. The Morgan fingerprint density at radius 3 is 3.00 bits per heavy atom. The zero-order valence-electron chi connectivity index (χ0n) is 11.4. The van der Waals surface area contributed by atoms with Crippen molar-refractivity contribution in [1.82, 2.24) is 14.5 Å². The van der Waals surface area contributed by atoms with E-state index in [1.807, 2.05) is 0 Å². The number of aromatic nitrogens is 2. The third-order valence-corrected chi connectivity index (χ3v) is 4.19. The van der Waals surface area contributed by atoms with Crippen LogP contribution in [0.25, 0.3) is 0 Å². The van der Waals surface area contributed by atoms with Gasteiger partial charge in [-0.15, -0.1) is 0 Å². The van der Waals surface area contributed by atoms with Crippen LogP contribution in [-0.2, 0) is 24.1 Å². The monoisotopic (exact) mass is 265 g/mol. The smallest absolute Gasteiger partial charge is 0.108 e. The number of hydrogen-bond acceptors (Lipinski definition) is 4. The van der Waals surface area contributed by atoms with Crippen LogP contribution in [0.1, 0.15) is 17.9 Å². The van der Waals surface area contributed by atoms with Gasteiger partial charge in [0.05, 0.1) is 18.9 Å². The molecule has 0 bridgehead atoms. The number of fused-ring (bicyclic) bond motifs is 1. The number of aliphatic hydroxyl groups excluding tert-OH is 1. The summed E-state index contributed by atoms with van der Waals surface area (Å²) in [6, 6.07) is 0. The standard InChI is InChI=1S/C14H23N3O2/c18-11-12-1-2-14-15-13(10-17(14)9-12)3-4-16-5-7-19-8-6-16/h10,12,18H,1-9,11H2. The second kappa shape index (κ2) is 6.03. The zero-order chi connectivity index (χ0) is 13.1. The quantitative estimate of drug-likeness (QED) is 0.851. The van der Waals surface area contributed by atoms with Crippen molar-refractivity contribution in [2.24, 2.45) is 5.92 Å². The Labute approximate surface area is 114 Å². The van der Waals surface area contributed by atoms with Gasteiger partial charge in [-0.3, -0.25) is 4.90 Å². The maximum absolute atomic E-state index is 9.24. The number of ether oxygens (including phenoxy) is 1. The summed E-state index contributed by atoms with van der Waals surface area (Å²) in [7, 11) is 0. The molecular formula is C14H23N3O2. The fraction of sp³-hybridized carbons (Fsp3) is 0.786. The first-order valence-corrected chi connectivity index (χ1v) is 7.31. The van der Waals surface area contributed by atoms with E-state index in [-0.39, 0.29) is 0 Å². The SMILES string of the molecule is OCC1CCc2nc(CCN3CCOCC3)cn2C1. The fourth-order valence-electron chi connectivity index (χ4n) is 2.94. The first-order valence-electron chi connectivity index (χ1n) is 7.31. The molecular weight excluding hydrogens is 242 g/mol. The van der Waals surface area contributed by atoms with E-state index in [4.69, 9.17) is 9.72 Å². The van der Waals surface area contributed by atoms with Gasteiger partial charge in [0, 0.05) is 57.7 Å². The van der Waals surface area contributed by atoms with Crippen molar-refractivity contribution in [3.63, 3.8) is 0 Å². The highest BCUT2D eigenvalue weighted by Gasteiger charge is 2.20. The van der Waals surface area contributed by atoms with Crippen LogP contribution in [0, 0.1) is 5.92 Å². The largest absolute Gasteiger partial charge is 0.396 e. The van der Waals surface area contributed by atoms with E-state index >= 15 is 0 Å². The lowest BCUT2D eigenvalue weighted by Gasteiger charge is -2.26. The Hall–Kier alpha value is -0.910. The number of aliphatic hydroxyl groups is 1. The average molecular weight is 265 g/mol. The highest BCUT2D eigenvalue weighted by atomic mass is 16.5. The minimum absolute atomic E-state index is 0.292. The molecule has 0 amide bonds. The first-order chi connectivity index (χ1) is 9.35.